The van der Waals surface area contributed by atoms with Crippen molar-refractivity contribution in [1.29, 1.82) is 0 Å². The first kappa shape index (κ1) is 19.6. The molecule has 0 bridgehead atoms. The number of carbonyl (C=O) groups excluding carboxylic acids is 2. The first-order valence-corrected chi connectivity index (χ1v) is 9.63. The maximum Gasteiger partial charge on any atom is 0.251 e. The SMILES string of the molecule is CC(Cn1ccnc1)NC(=O)c1cccc(NC(=O)CSc2nncn2C)c1. The topological polar surface area (TPSA) is 107 Å². The molecule has 3 rings (SSSR count). The molecular formula is C18H21N7O2S. The fourth-order valence-electron chi connectivity index (χ4n) is 2.53. The lowest BCUT2D eigenvalue weighted by Gasteiger charge is -2.15. The van der Waals surface area contributed by atoms with Crippen LogP contribution in [0.1, 0.15) is 17.3 Å². The second kappa shape index (κ2) is 9.18. The minimum Gasteiger partial charge on any atom is -0.348 e. The zero-order chi connectivity index (χ0) is 19.9. The van der Waals surface area contributed by atoms with Crippen molar-refractivity contribution < 1.29 is 9.59 Å². The highest BCUT2D eigenvalue weighted by Gasteiger charge is 2.12. The highest BCUT2D eigenvalue weighted by atomic mass is 32.2. The Labute approximate surface area is 166 Å². The molecule has 10 heteroatoms. The Morgan fingerprint density at radius 2 is 2.14 bits per heavy atom. The van der Waals surface area contributed by atoms with Crippen LogP contribution in [-0.2, 0) is 18.4 Å². The Hall–Kier alpha value is -3.14. The minimum atomic E-state index is -0.197. The quantitative estimate of drug-likeness (QED) is 0.557. The molecule has 2 heterocycles. The standard InChI is InChI=1S/C18H21N7O2S/c1-13(9-25-7-6-19-11-25)21-17(27)14-4-3-5-15(8-14)22-16(26)10-28-18-23-20-12-24(18)2/h3-8,11-13H,9-10H2,1-2H3,(H,21,27)(H,22,26). The number of amides is 2. The van der Waals surface area contributed by atoms with E-state index in [2.05, 4.69) is 25.8 Å². The Balaban J connectivity index is 1.53. The largest absolute Gasteiger partial charge is 0.348 e. The van der Waals surface area contributed by atoms with E-state index in [9.17, 15) is 9.59 Å². The average Bonchev–Trinajstić information content (AvgIpc) is 3.31. The van der Waals surface area contributed by atoms with Crippen molar-refractivity contribution >= 4 is 29.3 Å². The second-order valence-corrected chi connectivity index (χ2v) is 7.22. The van der Waals surface area contributed by atoms with Gasteiger partial charge in [-0.25, -0.2) is 4.98 Å². The molecule has 2 aromatic heterocycles. The van der Waals surface area contributed by atoms with Crippen LogP contribution in [0.5, 0.6) is 0 Å². The number of nitrogens with zero attached hydrogens (tertiary/aromatic N) is 5. The van der Waals surface area contributed by atoms with Crippen molar-refractivity contribution in [1.82, 2.24) is 29.6 Å². The number of carbonyl (C=O) groups is 2. The van der Waals surface area contributed by atoms with Crippen molar-refractivity contribution in [2.24, 2.45) is 7.05 Å². The van der Waals surface area contributed by atoms with E-state index in [1.54, 1.807) is 47.7 Å². The molecule has 1 atom stereocenters. The van der Waals surface area contributed by atoms with E-state index < -0.39 is 0 Å². The van der Waals surface area contributed by atoms with Crippen LogP contribution in [-0.4, -0.2) is 47.9 Å². The van der Waals surface area contributed by atoms with Gasteiger partial charge in [0.05, 0.1) is 12.1 Å². The number of aromatic nitrogens is 5. The summed E-state index contributed by atoms with van der Waals surface area (Å²) in [6.45, 7) is 2.55. The molecule has 0 saturated heterocycles. The van der Waals surface area contributed by atoms with Crippen molar-refractivity contribution in [3.63, 3.8) is 0 Å². The van der Waals surface area contributed by atoms with E-state index in [0.29, 0.717) is 23.0 Å². The smallest absolute Gasteiger partial charge is 0.251 e. The summed E-state index contributed by atoms with van der Waals surface area (Å²) in [4.78, 5) is 28.6. The summed E-state index contributed by atoms with van der Waals surface area (Å²) in [5.41, 5.74) is 1.05. The van der Waals surface area contributed by atoms with Gasteiger partial charge in [-0.3, -0.25) is 9.59 Å². The molecule has 0 aliphatic heterocycles. The highest BCUT2D eigenvalue weighted by molar-refractivity contribution is 7.99. The third kappa shape index (κ3) is 5.43. The molecule has 0 aliphatic carbocycles. The minimum absolute atomic E-state index is 0.0669. The van der Waals surface area contributed by atoms with E-state index in [0.717, 1.165) is 0 Å². The molecule has 2 N–H and O–H groups in total. The van der Waals surface area contributed by atoms with E-state index in [1.165, 1.54) is 11.8 Å². The first-order valence-electron chi connectivity index (χ1n) is 8.64. The number of rotatable bonds is 8. The third-order valence-corrected chi connectivity index (χ3v) is 4.87. The third-order valence-electron chi connectivity index (χ3n) is 3.83. The molecule has 2 amide bonds. The average molecular weight is 399 g/mol. The maximum absolute atomic E-state index is 12.5. The van der Waals surface area contributed by atoms with Crippen molar-refractivity contribution in [3.05, 3.63) is 54.9 Å². The van der Waals surface area contributed by atoms with Gasteiger partial charge in [0.25, 0.3) is 5.91 Å². The number of anilines is 1. The number of hydrogen-bond donors (Lipinski definition) is 2. The summed E-state index contributed by atoms with van der Waals surface area (Å²) in [7, 11) is 1.82. The van der Waals surface area contributed by atoms with Crippen molar-refractivity contribution in [3.8, 4) is 0 Å². The van der Waals surface area contributed by atoms with E-state index in [-0.39, 0.29) is 23.6 Å². The Kier molecular flexibility index (Phi) is 6.43. The molecule has 3 aromatic rings. The lowest BCUT2D eigenvalue weighted by Crippen LogP contribution is -2.35. The fourth-order valence-corrected chi connectivity index (χ4v) is 3.22. The number of nitrogens with one attached hydrogen (secondary N) is 2. The lowest BCUT2D eigenvalue weighted by atomic mass is 10.1. The van der Waals surface area contributed by atoms with Crippen LogP contribution in [0, 0.1) is 0 Å². The van der Waals surface area contributed by atoms with Crippen LogP contribution in [0.25, 0.3) is 0 Å². The van der Waals surface area contributed by atoms with Gasteiger partial charge in [0.15, 0.2) is 5.16 Å². The molecule has 146 valence electrons. The van der Waals surface area contributed by atoms with E-state index >= 15 is 0 Å². The Morgan fingerprint density at radius 3 is 2.86 bits per heavy atom. The highest BCUT2D eigenvalue weighted by Crippen LogP contribution is 2.15. The number of aryl methyl sites for hydroxylation is 1. The number of thioether (sulfide) groups is 1. The van der Waals surface area contributed by atoms with Gasteiger partial charge >= 0.3 is 0 Å². The monoisotopic (exact) mass is 399 g/mol. The van der Waals surface area contributed by atoms with Gasteiger partial charge < -0.3 is 19.8 Å². The summed E-state index contributed by atoms with van der Waals surface area (Å²) in [5.74, 6) is -0.179. The van der Waals surface area contributed by atoms with Crippen LogP contribution < -0.4 is 10.6 Å². The predicted molar refractivity (Wildman–Crippen MR) is 106 cm³/mol. The molecule has 0 radical (unpaired) electrons. The zero-order valence-corrected chi connectivity index (χ0v) is 16.4. The molecule has 28 heavy (non-hydrogen) atoms. The van der Waals surface area contributed by atoms with Crippen molar-refractivity contribution in [2.75, 3.05) is 11.1 Å². The predicted octanol–water partition coefficient (Wildman–Crippen LogP) is 1.56. The van der Waals surface area contributed by atoms with Gasteiger partial charge in [-0.15, -0.1) is 10.2 Å². The van der Waals surface area contributed by atoms with Crippen LogP contribution in [0.3, 0.4) is 0 Å². The van der Waals surface area contributed by atoms with Gasteiger partial charge in [0.2, 0.25) is 5.91 Å². The lowest BCUT2D eigenvalue weighted by molar-refractivity contribution is -0.113. The van der Waals surface area contributed by atoms with Crippen LogP contribution in [0.4, 0.5) is 5.69 Å². The second-order valence-electron chi connectivity index (χ2n) is 6.28. The summed E-state index contributed by atoms with van der Waals surface area (Å²) in [5, 5.41) is 14.1. The number of hydrogen-bond acceptors (Lipinski definition) is 6. The summed E-state index contributed by atoms with van der Waals surface area (Å²) in [6.07, 6.45) is 6.83. The molecule has 9 nitrogen and oxygen atoms in total. The summed E-state index contributed by atoms with van der Waals surface area (Å²) >= 11 is 1.29. The molecular weight excluding hydrogens is 378 g/mol. The van der Waals surface area contributed by atoms with Gasteiger partial charge in [-0.2, -0.15) is 0 Å². The van der Waals surface area contributed by atoms with Gasteiger partial charge in [0.1, 0.15) is 6.33 Å². The van der Waals surface area contributed by atoms with Crippen LogP contribution >= 0.6 is 11.8 Å². The van der Waals surface area contributed by atoms with Crippen molar-refractivity contribution in [2.45, 2.75) is 24.7 Å². The van der Waals surface area contributed by atoms with Gasteiger partial charge in [0, 0.05) is 43.3 Å². The normalized spacial score (nSPS) is 11.8. The fraction of sp³-hybridized carbons (Fsp3) is 0.278. The summed E-state index contributed by atoms with van der Waals surface area (Å²) in [6, 6.07) is 6.79. The number of benzene rings is 1. The molecule has 1 aromatic carbocycles. The molecule has 0 aliphatic rings. The van der Waals surface area contributed by atoms with Crippen LogP contribution in [0.2, 0.25) is 0 Å². The van der Waals surface area contributed by atoms with Crippen LogP contribution in [0.15, 0.2) is 54.5 Å². The molecule has 1 unspecified atom stereocenters. The Morgan fingerprint density at radius 1 is 1.29 bits per heavy atom. The zero-order valence-electron chi connectivity index (χ0n) is 15.6. The first-order chi connectivity index (χ1) is 13.5. The molecule has 0 saturated carbocycles. The van der Waals surface area contributed by atoms with E-state index in [4.69, 9.17) is 0 Å². The molecule has 0 spiro atoms. The Bertz CT molecular complexity index is 939. The number of imidazole rings is 1. The molecule has 0 fully saturated rings. The maximum atomic E-state index is 12.5. The summed E-state index contributed by atoms with van der Waals surface area (Å²) < 4.78 is 3.64. The van der Waals surface area contributed by atoms with E-state index in [1.807, 2.05) is 24.7 Å². The van der Waals surface area contributed by atoms with Gasteiger partial charge in [-0.1, -0.05) is 17.8 Å². The van der Waals surface area contributed by atoms with Gasteiger partial charge in [-0.05, 0) is 25.1 Å².